The number of anilines is 1. The second-order valence-electron chi connectivity index (χ2n) is 5.55. The highest BCUT2D eigenvalue weighted by Crippen LogP contribution is 2.35. The molecule has 9 heteroatoms. The van der Waals surface area contributed by atoms with Crippen LogP contribution >= 0.6 is 0 Å². The molecule has 1 aliphatic heterocycles. The van der Waals surface area contributed by atoms with Crippen molar-refractivity contribution in [2.75, 3.05) is 33.1 Å². The van der Waals surface area contributed by atoms with Crippen LogP contribution in [0.25, 0.3) is 6.08 Å². The number of hydrogen-bond donors (Lipinski definition) is 1. The molecule has 0 amide bonds. The van der Waals surface area contributed by atoms with E-state index in [9.17, 15) is 8.42 Å². The number of para-hydroxylation sites is 2. The molecule has 0 fully saturated rings. The van der Waals surface area contributed by atoms with Gasteiger partial charge in [-0.15, -0.1) is 4.83 Å². The standard InChI is InChI=1S/C18H20N2O6S/c1-23-13-10-17(24-2)14(18(11-13)25-3)8-9-27(21,22)19-20-12-26-16-7-5-4-6-15(16)20/h4-11,19H,12H2,1-3H3/b9-8+. The fourth-order valence-electron chi connectivity index (χ4n) is 2.62. The summed E-state index contributed by atoms with van der Waals surface area (Å²) in [6.45, 7) is 0.0849. The van der Waals surface area contributed by atoms with Gasteiger partial charge in [0.2, 0.25) is 0 Å². The van der Waals surface area contributed by atoms with Gasteiger partial charge in [-0.1, -0.05) is 12.1 Å². The summed E-state index contributed by atoms with van der Waals surface area (Å²) in [5.74, 6) is 2.00. The van der Waals surface area contributed by atoms with E-state index in [1.54, 1.807) is 30.3 Å². The van der Waals surface area contributed by atoms with Crippen molar-refractivity contribution in [1.29, 1.82) is 0 Å². The third-order valence-corrected chi connectivity index (χ3v) is 4.88. The number of rotatable bonds is 7. The van der Waals surface area contributed by atoms with Crippen LogP contribution in [0.5, 0.6) is 23.0 Å². The van der Waals surface area contributed by atoms with Gasteiger partial charge in [0.05, 0.1) is 32.6 Å². The van der Waals surface area contributed by atoms with E-state index < -0.39 is 10.0 Å². The first-order valence-corrected chi connectivity index (χ1v) is 9.52. The maximum absolute atomic E-state index is 12.5. The van der Waals surface area contributed by atoms with Crippen molar-refractivity contribution in [3.05, 3.63) is 47.4 Å². The first-order valence-electron chi connectivity index (χ1n) is 7.97. The van der Waals surface area contributed by atoms with Gasteiger partial charge in [-0.3, -0.25) is 5.01 Å². The summed E-state index contributed by atoms with van der Waals surface area (Å²) in [6, 6.07) is 10.5. The molecule has 2 aromatic rings. The summed E-state index contributed by atoms with van der Waals surface area (Å²) >= 11 is 0. The Morgan fingerprint density at radius 2 is 1.74 bits per heavy atom. The number of nitrogens with zero attached hydrogens (tertiary/aromatic N) is 1. The van der Waals surface area contributed by atoms with Gasteiger partial charge in [-0.05, 0) is 18.2 Å². The van der Waals surface area contributed by atoms with Crippen molar-refractivity contribution >= 4 is 21.8 Å². The van der Waals surface area contributed by atoms with Crippen molar-refractivity contribution in [3.63, 3.8) is 0 Å². The average molecular weight is 392 g/mol. The molecule has 0 unspecified atom stereocenters. The summed E-state index contributed by atoms with van der Waals surface area (Å²) in [5.41, 5.74) is 1.12. The zero-order valence-corrected chi connectivity index (χ0v) is 15.9. The minimum atomic E-state index is -3.80. The quantitative estimate of drug-likeness (QED) is 0.774. The van der Waals surface area contributed by atoms with Gasteiger partial charge in [-0.2, -0.15) is 0 Å². The molecule has 1 heterocycles. The van der Waals surface area contributed by atoms with Crippen molar-refractivity contribution in [3.8, 4) is 23.0 Å². The molecule has 0 aromatic heterocycles. The van der Waals surface area contributed by atoms with Crippen LogP contribution < -0.4 is 28.8 Å². The molecule has 27 heavy (non-hydrogen) atoms. The van der Waals surface area contributed by atoms with Crippen LogP contribution in [-0.4, -0.2) is 36.5 Å². The lowest BCUT2D eigenvalue weighted by atomic mass is 10.1. The predicted molar refractivity (Wildman–Crippen MR) is 102 cm³/mol. The Morgan fingerprint density at radius 3 is 2.37 bits per heavy atom. The predicted octanol–water partition coefficient (Wildman–Crippen LogP) is 2.37. The maximum atomic E-state index is 12.5. The number of benzene rings is 2. The smallest absolute Gasteiger partial charge is 0.250 e. The van der Waals surface area contributed by atoms with E-state index >= 15 is 0 Å². The third kappa shape index (κ3) is 4.09. The summed E-state index contributed by atoms with van der Waals surface area (Å²) in [5, 5.41) is 2.46. The number of hydrogen-bond acceptors (Lipinski definition) is 7. The average Bonchev–Trinajstić information content (AvgIpc) is 3.08. The van der Waals surface area contributed by atoms with E-state index in [1.165, 1.54) is 32.4 Å². The van der Waals surface area contributed by atoms with Crippen LogP contribution in [0.1, 0.15) is 5.56 Å². The molecule has 0 atom stereocenters. The minimum absolute atomic E-state index is 0.0849. The van der Waals surface area contributed by atoms with Gasteiger partial charge in [0.1, 0.15) is 23.0 Å². The molecule has 1 N–H and O–H groups in total. The van der Waals surface area contributed by atoms with E-state index in [2.05, 4.69) is 4.83 Å². The van der Waals surface area contributed by atoms with Gasteiger partial charge in [0, 0.05) is 17.5 Å². The van der Waals surface area contributed by atoms with Gasteiger partial charge in [-0.25, -0.2) is 8.42 Å². The number of nitrogens with one attached hydrogen (secondary N) is 1. The van der Waals surface area contributed by atoms with Gasteiger partial charge < -0.3 is 18.9 Å². The molecule has 0 aliphatic carbocycles. The number of ether oxygens (including phenoxy) is 4. The normalized spacial score (nSPS) is 13.4. The highest BCUT2D eigenvalue weighted by atomic mass is 32.2. The molecule has 1 aliphatic rings. The second-order valence-corrected chi connectivity index (χ2v) is 7.10. The maximum Gasteiger partial charge on any atom is 0.250 e. The molecule has 8 nitrogen and oxygen atoms in total. The SMILES string of the molecule is COc1cc(OC)c(/C=C/S(=O)(=O)NN2COc3ccccc32)c(OC)c1. The Bertz CT molecular complexity index is 933. The van der Waals surface area contributed by atoms with E-state index in [0.717, 1.165) is 5.41 Å². The van der Waals surface area contributed by atoms with Crippen LogP contribution in [-0.2, 0) is 10.0 Å². The Morgan fingerprint density at radius 1 is 1.07 bits per heavy atom. The van der Waals surface area contributed by atoms with E-state index in [1.807, 2.05) is 6.07 Å². The number of sulfonamides is 1. The largest absolute Gasteiger partial charge is 0.496 e. The highest BCUT2D eigenvalue weighted by Gasteiger charge is 2.23. The molecule has 2 aromatic carbocycles. The van der Waals surface area contributed by atoms with Gasteiger partial charge in [0.25, 0.3) is 10.0 Å². The molecule has 0 spiro atoms. The van der Waals surface area contributed by atoms with E-state index in [4.69, 9.17) is 18.9 Å². The lowest BCUT2D eigenvalue weighted by molar-refractivity contribution is 0.342. The summed E-state index contributed by atoms with van der Waals surface area (Å²) < 4.78 is 46.2. The molecule has 0 radical (unpaired) electrons. The van der Waals surface area contributed by atoms with Crippen LogP contribution in [0.15, 0.2) is 41.8 Å². The van der Waals surface area contributed by atoms with Crippen LogP contribution in [0.4, 0.5) is 5.69 Å². The Hall–Kier alpha value is -2.91. The Balaban J connectivity index is 1.85. The van der Waals surface area contributed by atoms with Crippen molar-refractivity contribution in [2.24, 2.45) is 0 Å². The fourth-order valence-corrected chi connectivity index (χ4v) is 3.45. The number of methoxy groups -OCH3 is 3. The zero-order chi connectivity index (χ0) is 19.4. The number of hydrazine groups is 1. The molecular formula is C18H20N2O6S. The highest BCUT2D eigenvalue weighted by molar-refractivity contribution is 7.92. The topological polar surface area (TPSA) is 86.3 Å². The monoisotopic (exact) mass is 392 g/mol. The Labute approximate surface area is 157 Å². The minimum Gasteiger partial charge on any atom is -0.496 e. The molecule has 3 rings (SSSR count). The van der Waals surface area contributed by atoms with Gasteiger partial charge >= 0.3 is 0 Å². The van der Waals surface area contributed by atoms with Crippen molar-refractivity contribution < 1.29 is 27.4 Å². The summed E-state index contributed by atoms with van der Waals surface area (Å²) in [6.07, 6.45) is 1.41. The number of fused-ring (bicyclic) bond motifs is 1. The van der Waals surface area contributed by atoms with E-state index in [-0.39, 0.29) is 6.73 Å². The molecule has 0 saturated heterocycles. The van der Waals surface area contributed by atoms with Gasteiger partial charge in [0.15, 0.2) is 6.73 Å². The lowest BCUT2D eigenvalue weighted by Crippen LogP contribution is -2.40. The summed E-state index contributed by atoms with van der Waals surface area (Å²) in [4.78, 5) is 2.47. The fraction of sp³-hybridized carbons (Fsp3) is 0.222. The first-order chi connectivity index (χ1) is 13.0. The molecular weight excluding hydrogens is 372 g/mol. The Kier molecular flexibility index (Phi) is 5.43. The molecule has 144 valence electrons. The van der Waals surface area contributed by atoms with Crippen LogP contribution in [0.3, 0.4) is 0 Å². The van der Waals surface area contributed by atoms with Crippen LogP contribution in [0, 0.1) is 0 Å². The van der Waals surface area contributed by atoms with Crippen molar-refractivity contribution in [2.45, 2.75) is 0 Å². The first kappa shape index (κ1) is 18.9. The zero-order valence-electron chi connectivity index (χ0n) is 15.1. The third-order valence-electron chi connectivity index (χ3n) is 3.91. The molecule has 0 bridgehead atoms. The molecule has 0 saturated carbocycles. The summed E-state index contributed by atoms with van der Waals surface area (Å²) in [7, 11) is 0.689. The second kappa shape index (κ2) is 7.77. The van der Waals surface area contributed by atoms with Crippen molar-refractivity contribution in [1.82, 2.24) is 4.83 Å². The van der Waals surface area contributed by atoms with Crippen LogP contribution in [0.2, 0.25) is 0 Å². The van der Waals surface area contributed by atoms with E-state index in [0.29, 0.717) is 34.2 Å². The lowest BCUT2D eigenvalue weighted by Gasteiger charge is -2.16.